The van der Waals surface area contributed by atoms with Crippen LogP contribution in [0.2, 0.25) is 10.0 Å². The van der Waals surface area contributed by atoms with Crippen molar-refractivity contribution in [1.29, 1.82) is 0 Å². The van der Waals surface area contributed by atoms with Gasteiger partial charge >= 0.3 is 0 Å². The minimum absolute atomic E-state index is 0.252. The number of ether oxygens (including phenoxy) is 1. The summed E-state index contributed by atoms with van der Waals surface area (Å²) < 4.78 is 5.68. The molecule has 1 aliphatic rings. The van der Waals surface area contributed by atoms with E-state index in [1.165, 1.54) is 0 Å². The van der Waals surface area contributed by atoms with Gasteiger partial charge in [0, 0.05) is 26.2 Å². The van der Waals surface area contributed by atoms with Gasteiger partial charge in [-0.15, -0.1) is 0 Å². The van der Waals surface area contributed by atoms with E-state index in [0.717, 1.165) is 31.8 Å². The molecular weight excluding hydrogens is 271 g/mol. The summed E-state index contributed by atoms with van der Waals surface area (Å²) in [4.78, 5) is 2.28. The molecule has 1 N–H and O–H groups in total. The van der Waals surface area contributed by atoms with Crippen LogP contribution in [0.25, 0.3) is 0 Å². The highest BCUT2D eigenvalue weighted by molar-refractivity contribution is 6.42. The van der Waals surface area contributed by atoms with E-state index in [1.807, 2.05) is 12.1 Å². The maximum absolute atomic E-state index is 6.13. The number of benzene rings is 1. The molecule has 1 heterocycles. The first kappa shape index (κ1) is 14.1. The summed E-state index contributed by atoms with van der Waals surface area (Å²) in [7, 11) is 2.11. The fourth-order valence-corrected chi connectivity index (χ4v) is 2.43. The minimum atomic E-state index is 0.252. The van der Waals surface area contributed by atoms with E-state index < -0.39 is 0 Å². The van der Waals surface area contributed by atoms with Crippen molar-refractivity contribution in [3.05, 3.63) is 33.8 Å². The lowest BCUT2D eigenvalue weighted by Crippen LogP contribution is -2.44. The molecule has 1 fully saturated rings. The summed E-state index contributed by atoms with van der Waals surface area (Å²) in [5.74, 6) is 0. The number of halogens is 2. The summed E-state index contributed by atoms with van der Waals surface area (Å²) in [6, 6.07) is 5.69. The van der Waals surface area contributed by atoms with Crippen LogP contribution < -0.4 is 5.32 Å². The Labute approximate surface area is 118 Å². The van der Waals surface area contributed by atoms with Gasteiger partial charge in [-0.2, -0.15) is 0 Å². The monoisotopic (exact) mass is 288 g/mol. The molecule has 1 atom stereocenters. The molecule has 1 aliphatic heterocycles. The van der Waals surface area contributed by atoms with Crippen molar-refractivity contribution in [1.82, 2.24) is 10.2 Å². The highest BCUT2D eigenvalue weighted by atomic mass is 35.5. The standard InChI is InChI=1S/C13H18Cl2N2O/c1-17-5-6-18-11(9-17)8-16-7-10-3-2-4-12(14)13(10)15/h2-4,11,16H,5-9H2,1H3. The molecule has 5 heteroatoms. The third-order valence-corrected chi connectivity index (χ3v) is 3.92. The maximum atomic E-state index is 6.13. The number of rotatable bonds is 4. The zero-order chi connectivity index (χ0) is 13.0. The largest absolute Gasteiger partial charge is 0.374 e. The van der Waals surface area contributed by atoms with Gasteiger partial charge in [0.1, 0.15) is 0 Å². The lowest BCUT2D eigenvalue weighted by atomic mass is 10.2. The summed E-state index contributed by atoms with van der Waals surface area (Å²) in [5.41, 5.74) is 1.02. The van der Waals surface area contributed by atoms with Crippen LogP contribution >= 0.6 is 23.2 Å². The van der Waals surface area contributed by atoms with Crippen molar-refractivity contribution in [2.45, 2.75) is 12.6 Å². The zero-order valence-corrected chi connectivity index (χ0v) is 12.0. The molecule has 0 saturated carbocycles. The van der Waals surface area contributed by atoms with Crippen LogP contribution in [-0.2, 0) is 11.3 Å². The number of hydrogen-bond donors (Lipinski definition) is 1. The second kappa shape index (κ2) is 6.73. The molecule has 1 unspecified atom stereocenters. The van der Waals surface area contributed by atoms with Gasteiger partial charge in [-0.3, -0.25) is 0 Å². The van der Waals surface area contributed by atoms with Crippen LogP contribution in [0, 0.1) is 0 Å². The Morgan fingerprint density at radius 1 is 1.44 bits per heavy atom. The molecule has 0 aromatic heterocycles. The Hall–Kier alpha value is -0.320. The van der Waals surface area contributed by atoms with Crippen LogP contribution in [0.3, 0.4) is 0 Å². The topological polar surface area (TPSA) is 24.5 Å². The molecule has 3 nitrogen and oxygen atoms in total. The Bertz CT molecular complexity index is 401. The highest BCUT2D eigenvalue weighted by Crippen LogP contribution is 2.25. The van der Waals surface area contributed by atoms with E-state index in [-0.39, 0.29) is 6.10 Å². The van der Waals surface area contributed by atoms with Gasteiger partial charge in [-0.1, -0.05) is 35.3 Å². The number of morpholine rings is 1. The van der Waals surface area contributed by atoms with Crippen molar-refractivity contribution in [2.24, 2.45) is 0 Å². The van der Waals surface area contributed by atoms with Gasteiger partial charge in [0.15, 0.2) is 0 Å². The van der Waals surface area contributed by atoms with Gasteiger partial charge in [-0.05, 0) is 18.7 Å². The number of nitrogens with one attached hydrogen (secondary N) is 1. The van der Waals surface area contributed by atoms with Crippen LogP contribution in [-0.4, -0.2) is 44.3 Å². The van der Waals surface area contributed by atoms with E-state index in [4.69, 9.17) is 27.9 Å². The average Bonchev–Trinajstić information content (AvgIpc) is 2.35. The van der Waals surface area contributed by atoms with Crippen molar-refractivity contribution >= 4 is 23.2 Å². The fourth-order valence-electron chi connectivity index (χ4n) is 2.04. The first-order valence-corrected chi connectivity index (χ1v) is 6.86. The second-order valence-electron chi connectivity index (χ2n) is 4.60. The SMILES string of the molecule is CN1CCOC(CNCc2cccc(Cl)c2Cl)C1. The normalized spacial score (nSPS) is 21.2. The van der Waals surface area contributed by atoms with Crippen LogP contribution in [0.1, 0.15) is 5.56 Å². The second-order valence-corrected chi connectivity index (χ2v) is 5.38. The molecule has 100 valence electrons. The quantitative estimate of drug-likeness (QED) is 0.921. The molecule has 18 heavy (non-hydrogen) atoms. The van der Waals surface area contributed by atoms with Crippen LogP contribution in [0.4, 0.5) is 0 Å². The maximum Gasteiger partial charge on any atom is 0.0826 e. The third-order valence-electron chi connectivity index (χ3n) is 3.06. The van der Waals surface area contributed by atoms with Crippen molar-refractivity contribution in [3.8, 4) is 0 Å². The van der Waals surface area contributed by atoms with Crippen molar-refractivity contribution < 1.29 is 4.74 Å². The van der Waals surface area contributed by atoms with Gasteiger partial charge in [0.25, 0.3) is 0 Å². The number of hydrogen-bond acceptors (Lipinski definition) is 3. The molecule has 0 bridgehead atoms. The van der Waals surface area contributed by atoms with Crippen LogP contribution in [0.5, 0.6) is 0 Å². The van der Waals surface area contributed by atoms with Crippen molar-refractivity contribution in [3.63, 3.8) is 0 Å². The molecule has 1 aromatic carbocycles. The van der Waals surface area contributed by atoms with Gasteiger partial charge in [0.05, 0.1) is 22.8 Å². The third kappa shape index (κ3) is 3.84. The summed E-state index contributed by atoms with van der Waals surface area (Å²) in [5, 5.41) is 4.60. The van der Waals surface area contributed by atoms with Gasteiger partial charge < -0.3 is 15.0 Å². The Morgan fingerprint density at radius 2 is 2.28 bits per heavy atom. The van der Waals surface area contributed by atoms with E-state index in [1.54, 1.807) is 6.07 Å². The number of likely N-dealkylation sites (N-methyl/N-ethyl adjacent to an activating group) is 1. The lowest BCUT2D eigenvalue weighted by Gasteiger charge is -2.30. The lowest BCUT2D eigenvalue weighted by molar-refractivity contribution is -0.0182. The van der Waals surface area contributed by atoms with E-state index in [0.29, 0.717) is 16.6 Å². The van der Waals surface area contributed by atoms with Crippen LogP contribution in [0.15, 0.2) is 18.2 Å². The zero-order valence-electron chi connectivity index (χ0n) is 10.5. The Kier molecular flexibility index (Phi) is 5.27. The first-order valence-electron chi connectivity index (χ1n) is 6.10. The first-order chi connectivity index (χ1) is 8.66. The van der Waals surface area contributed by atoms with E-state index >= 15 is 0 Å². The molecule has 0 spiro atoms. The predicted octanol–water partition coefficient (Wildman–Crippen LogP) is 2.41. The molecule has 1 saturated heterocycles. The van der Waals surface area contributed by atoms with Gasteiger partial charge in [-0.25, -0.2) is 0 Å². The van der Waals surface area contributed by atoms with Crippen molar-refractivity contribution in [2.75, 3.05) is 33.3 Å². The Balaban J connectivity index is 1.79. The smallest absolute Gasteiger partial charge is 0.0826 e. The molecule has 0 amide bonds. The molecule has 1 aromatic rings. The molecule has 2 rings (SSSR count). The molecule has 0 radical (unpaired) electrons. The predicted molar refractivity (Wildman–Crippen MR) is 75.4 cm³/mol. The van der Waals surface area contributed by atoms with Gasteiger partial charge in [0.2, 0.25) is 0 Å². The Morgan fingerprint density at radius 3 is 3.06 bits per heavy atom. The molecular formula is C13H18Cl2N2O. The summed E-state index contributed by atoms with van der Waals surface area (Å²) in [6.07, 6.45) is 0.252. The van der Waals surface area contributed by atoms with E-state index in [2.05, 4.69) is 17.3 Å². The minimum Gasteiger partial charge on any atom is -0.374 e. The van der Waals surface area contributed by atoms with E-state index in [9.17, 15) is 0 Å². The number of nitrogens with zero attached hydrogens (tertiary/aromatic N) is 1. The summed E-state index contributed by atoms with van der Waals surface area (Å²) >= 11 is 12.1. The fraction of sp³-hybridized carbons (Fsp3) is 0.538. The average molecular weight is 289 g/mol. The summed E-state index contributed by atoms with van der Waals surface area (Å²) in [6.45, 7) is 4.32. The molecule has 0 aliphatic carbocycles. The highest BCUT2D eigenvalue weighted by Gasteiger charge is 2.17.